The van der Waals surface area contributed by atoms with Crippen LogP contribution >= 0.6 is 0 Å². The number of aryl methyl sites for hydroxylation is 1. The van der Waals surface area contributed by atoms with Gasteiger partial charge >= 0.3 is 0 Å². The minimum absolute atomic E-state index is 0.692. The molecule has 0 atom stereocenters. The molecule has 1 aliphatic heterocycles. The summed E-state index contributed by atoms with van der Waals surface area (Å²) in [7, 11) is 0. The van der Waals surface area contributed by atoms with Crippen molar-refractivity contribution in [2.75, 3.05) is 6.61 Å². The van der Waals surface area contributed by atoms with E-state index in [2.05, 4.69) is 41.5 Å². The highest BCUT2D eigenvalue weighted by atomic mass is 16.5. The molecule has 0 spiro atoms. The zero-order valence-corrected chi connectivity index (χ0v) is 12.4. The molecule has 3 heterocycles. The number of rotatable bonds is 2. The molecule has 0 radical (unpaired) electrons. The Balaban J connectivity index is 1.61. The maximum atomic E-state index is 5.71. The zero-order chi connectivity index (χ0) is 14.5. The van der Waals surface area contributed by atoms with Gasteiger partial charge in [0.05, 0.1) is 6.61 Å². The van der Waals surface area contributed by atoms with Crippen LogP contribution in [0.4, 0.5) is 0 Å². The number of hydrogen-bond donors (Lipinski definition) is 1. The third kappa shape index (κ3) is 1.92. The van der Waals surface area contributed by atoms with Gasteiger partial charge < -0.3 is 9.72 Å². The van der Waals surface area contributed by atoms with E-state index >= 15 is 0 Å². The summed E-state index contributed by atoms with van der Waals surface area (Å²) in [5, 5.41) is 1.21. The summed E-state index contributed by atoms with van der Waals surface area (Å²) < 4.78 is 5.71. The minimum atomic E-state index is 0.692. The van der Waals surface area contributed by atoms with Crippen LogP contribution in [0, 0.1) is 0 Å². The Hall–Kier alpha value is -2.29. The van der Waals surface area contributed by atoms with Crippen LogP contribution in [0.3, 0.4) is 0 Å². The smallest absolute Gasteiger partial charge is 0.138 e. The molecular weight excluding hydrogens is 272 g/mol. The first-order valence-corrected chi connectivity index (χ1v) is 8.12. The van der Waals surface area contributed by atoms with Gasteiger partial charge in [-0.3, -0.25) is 0 Å². The molecule has 1 saturated carbocycles. The highest BCUT2D eigenvalue weighted by Crippen LogP contribution is 2.40. The van der Waals surface area contributed by atoms with Gasteiger partial charge in [0.25, 0.3) is 0 Å². The second-order valence-electron chi connectivity index (χ2n) is 6.38. The number of aromatic amines is 1. The number of aromatic nitrogens is 2. The van der Waals surface area contributed by atoms with Crippen LogP contribution in [0.5, 0.6) is 5.75 Å². The highest BCUT2D eigenvalue weighted by molar-refractivity contribution is 5.93. The molecule has 3 aromatic rings. The maximum Gasteiger partial charge on any atom is 0.138 e. The average Bonchev–Trinajstić information content (AvgIpc) is 3.34. The van der Waals surface area contributed by atoms with Gasteiger partial charge in [-0.2, -0.15) is 0 Å². The van der Waals surface area contributed by atoms with Gasteiger partial charge in [-0.05, 0) is 61.1 Å². The summed E-state index contributed by atoms with van der Waals surface area (Å²) >= 11 is 0. The van der Waals surface area contributed by atoms with Gasteiger partial charge in [0.1, 0.15) is 11.4 Å². The van der Waals surface area contributed by atoms with Crippen molar-refractivity contribution in [3.8, 4) is 16.9 Å². The lowest BCUT2D eigenvalue weighted by Crippen LogP contribution is -2.07. The van der Waals surface area contributed by atoms with E-state index in [1.165, 1.54) is 40.6 Å². The van der Waals surface area contributed by atoms with Crippen molar-refractivity contribution in [2.24, 2.45) is 0 Å². The zero-order valence-electron chi connectivity index (χ0n) is 12.4. The first-order chi connectivity index (χ1) is 10.9. The van der Waals surface area contributed by atoms with Crippen molar-refractivity contribution in [3.05, 3.63) is 47.8 Å². The van der Waals surface area contributed by atoms with Crippen molar-refractivity contribution in [1.29, 1.82) is 0 Å². The van der Waals surface area contributed by atoms with E-state index in [-0.39, 0.29) is 0 Å². The fraction of sp³-hybridized carbons (Fsp3) is 0.316. The van der Waals surface area contributed by atoms with Crippen LogP contribution in [-0.2, 0) is 6.42 Å². The Morgan fingerprint density at radius 1 is 1.14 bits per heavy atom. The number of nitrogens with zero attached hydrogens (tertiary/aromatic N) is 1. The fourth-order valence-electron chi connectivity index (χ4n) is 3.39. The number of fused-ring (bicyclic) bond motifs is 2. The van der Waals surface area contributed by atoms with Crippen molar-refractivity contribution in [3.63, 3.8) is 0 Å². The third-order valence-corrected chi connectivity index (χ3v) is 4.78. The summed E-state index contributed by atoms with van der Waals surface area (Å²) in [5.74, 6) is 1.74. The van der Waals surface area contributed by atoms with E-state index in [1.807, 2.05) is 0 Å². The quantitative estimate of drug-likeness (QED) is 0.758. The lowest BCUT2D eigenvalue weighted by molar-refractivity contribution is 0.288. The monoisotopic (exact) mass is 290 g/mol. The first kappa shape index (κ1) is 12.3. The highest BCUT2D eigenvalue weighted by Gasteiger charge is 2.25. The van der Waals surface area contributed by atoms with Crippen LogP contribution < -0.4 is 4.74 Å². The number of nitrogens with one attached hydrogen (secondary N) is 1. The third-order valence-electron chi connectivity index (χ3n) is 4.78. The second-order valence-corrected chi connectivity index (χ2v) is 6.38. The SMILES string of the molecule is c1cc2c(cc1-c1c[nH]c3nc(C4CC4)ccc13)CCCO2. The predicted molar refractivity (Wildman–Crippen MR) is 87.3 cm³/mol. The van der Waals surface area contributed by atoms with Crippen molar-refractivity contribution < 1.29 is 4.74 Å². The van der Waals surface area contributed by atoms with Crippen LogP contribution in [0.15, 0.2) is 36.5 Å². The molecule has 1 aromatic carbocycles. The van der Waals surface area contributed by atoms with Gasteiger partial charge in [0.2, 0.25) is 0 Å². The molecule has 0 bridgehead atoms. The Morgan fingerprint density at radius 3 is 3.00 bits per heavy atom. The second kappa shape index (κ2) is 4.60. The van der Waals surface area contributed by atoms with Crippen LogP contribution in [-0.4, -0.2) is 16.6 Å². The van der Waals surface area contributed by atoms with Crippen LogP contribution in [0.25, 0.3) is 22.2 Å². The predicted octanol–water partition coefficient (Wildman–Crippen LogP) is 4.43. The molecule has 1 N–H and O–H groups in total. The largest absolute Gasteiger partial charge is 0.493 e. The Kier molecular flexibility index (Phi) is 2.57. The summed E-state index contributed by atoms with van der Waals surface area (Å²) in [5.41, 5.74) is 6.04. The molecule has 1 aliphatic carbocycles. The van der Waals surface area contributed by atoms with Crippen LogP contribution in [0.2, 0.25) is 0 Å². The van der Waals surface area contributed by atoms with Crippen molar-refractivity contribution in [1.82, 2.24) is 9.97 Å². The molecule has 3 heteroatoms. The van der Waals surface area contributed by atoms with E-state index in [0.717, 1.165) is 30.8 Å². The molecule has 110 valence electrons. The van der Waals surface area contributed by atoms with E-state index in [9.17, 15) is 0 Å². The molecule has 0 saturated heterocycles. The number of hydrogen-bond acceptors (Lipinski definition) is 2. The Morgan fingerprint density at radius 2 is 2.09 bits per heavy atom. The Bertz CT molecular complexity index is 861. The van der Waals surface area contributed by atoms with E-state index < -0.39 is 0 Å². The molecule has 0 amide bonds. The van der Waals surface area contributed by atoms with Gasteiger partial charge in [-0.1, -0.05) is 6.07 Å². The van der Waals surface area contributed by atoms with E-state index in [0.29, 0.717) is 5.92 Å². The van der Waals surface area contributed by atoms with Gasteiger partial charge in [0, 0.05) is 28.8 Å². The van der Waals surface area contributed by atoms with Gasteiger partial charge in [-0.15, -0.1) is 0 Å². The lowest BCUT2D eigenvalue weighted by atomic mass is 9.99. The molecular formula is C19H18N2O. The average molecular weight is 290 g/mol. The summed E-state index contributed by atoms with van der Waals surface area (Å²) in [6.07, 6.45) is 6.87. The summed E-state index contributed by atoms with van der Waals surface area (Å²) in [6.45, 7) is 0.841. The molecule has 22 heavy (non-hydrogen) atoms. The molecule has 2 aromatic heterocycles. The normalized spacial score (nSPS) is 17.3. The molecule has 5 rings (SSSR count). The lowest BCUT2D eigenvalue weighted by Gasteiger charge is -2.17. The van der Waals surface area contributed by atoms with Crippen molar-refractivity contribution >= 4 is 11.0 Å². The standard InChI is InChI=1S/C19H18N2O/c1-2-14-10-13(5-8-18(14)22-9-1)16-11-20-19-15(16)6-7-17(21-19)12-3-4-12/h5-8,10-12H,1-4,9H2,(H,20,21). The number of H-pyrrole nitrogens is 1. The summed E-state index contributed by atoms with van der Waals surface area (Å²) in [4.78, 5) is 8.14. The van der Waals surface area contributed by atoms with Crippen molar-refractivity contribution in [2.45, 2.75) is 31.6 Å². The topological polar surface area (TPSA) is 37.9 Å². The minimum Gasteiger partial charge on any atom is -0.493 e. The number of benzene rings is 1. The van der Waals surface area contributed by atoms with Gasteiger partial charge in [0.15, 0.2) is 0 Å². The van der Waals surface area contributed by atoms with E-state index in [1.54, 1.807) is 0 Å². The van der Waals surface area contributed by atoms with Crippen LogP contribution in [0.1, 0.15) is 36.4 Å². The molecule has 3 nitrogen and oxygen atoms in total. The maximum absolute atomic E-state index is 5.71. The molecule has 2 aliphatic rings. The molecule has 0 unspecified atom stereocenters. The molecule has 1 fully saturated rings. The number of pyridine rings is 1. The fourth-order valence-corrected chi connectivity index (χ4v) is 3.39. The Labute approximate surface area is 129 Å². The first-order valence-electron chi connectivity index (χ1n) is 8.12. The van der Waals surface area contributed by atoms with Gasteiger partial charge in [-0.25, -0.2) is 4.98 Å². The van der Waals surface area contributed by atoms with E-state index in [4.69, 9.17) is 9.72 Å². The summed E-state index contributed by atoms with van der Waals surface area (Å²) in [6, 6.07) is 10.9. The number of ether oxygens (including phenoxy) is 1.